The van der Waals surface area contributed by atoms with Crippen LogP contribution < -0.4 is 0 Å². The van der Waals surface area contributed by atoms with E-state index in [1.54, 1.807) is 29.2 Å². The van der Waals surface area contributed by atoms with Gasteiger partial charge in [-0.2, -0.15) is 5.21 Å². The average Bonchev–Trinajstić information content (AvgIpc) is 3.01. The lowest BCUT2D eigenvalue weighted by molar-refractivity contribution is -0.00202. The predicted octanol–water partition coefficient (Wildman–Crippen LogP) is 0.854. The summed E-state index contributed by atoms with van der Waals surface area (Å²) in [5, 5.41) is 23.6. The number of carbonyl (C=O) groups excluding carboxylic acids is 1. The molecule has 0 spiro atoms. The van der Waals surface area contributed by atoms with Gasteiger partial charge in [0.1, 0.15) is 0 Å². The second kappa shape index (κ2) is 5.25. The Morgan fingerprint density at radius 3 is 2.52 bits per heavy atom. The number of hydrogen-bond donors (Lipinski definition) is 2. The Labute approximate surface area is 122 Å². The largest absolute Gasteiger partial charge is 0.390 e. The number of piperidine rings is 1. The van der Waals surface area contributed by atoms with Crippen LogP contribution in [0.5, 0.6) is 0 Å². The van der Waals surface area contributed by atoms with Crippen molar-refractivity contribution in [2.75, 3.05) is 13.1 Å². The number of rotatable bonds is 2. The summed E-state index contributed by atoms with van der Waals surface area (Å²) >= 11 is 0. The molecule has 1 aliphatic rings. The molecule has 2 N–H and O–H groups in total. The Morgan fingerprint density at radius 1 is 1.29 bits per heavy atom. The van der Waals surface area contributed by atoms with Crippen molar-refractivity contribution in [2.45, 2.75) is 25.4 Å². The van der Waals surface area contributed by atoms with Gasteiger partial charge in [0.2, 0.25) is 5.82 Å². The zero-order chi connectivity index (χ0) is 14.9. The van der Waals surface area contributed by atoms with Crippen molar-refractivity contribution in [3.8, 4) is 11.4 Å². The molecule has 1 amide bonds. The fourth-order valence-electron chi connectivity index (χ4n) is 2.42. The first kappa shape index (κ1) is 13.7. The first-order valence-corrected chi connectivity index (χ1v) is 6.91. The molecule has 0 unspecified atom stereocenters. The molecule has 3 rings (SSSR count). The summed E-state index contributed by atoms with van der Waals surface area (Å²) in [5.41, 5.74) is 0.782. The average molecular weight is 287 g/mol. The summed E-state index contributed by atoms with van der Waals surface area (Å²) in [5.74, 6) is 0.494. The van der Waals surface area contributed by atoms with E-state index in [-0.39, 0.29) is 5.91 Å². The maximum Gasteiger partial charge on any atom is 0.253 e. The SMILES string of the molecule is CC1(O)CCN(C(=O)c2ccc(-c3nn[nH]n3)cc2)CC1. The molecule has 0 saturated carbocycles. The fraction of sp³-hybridized carbons (Fsp3) is 0.429. The molecule has 2 heterocycles. The molecule has 1 aliphatic heterocycles. The number of likely N-dealkylation sites (tertiary alicyclic amines) is 1. The molecule has 21 heavy (non-hydrogen) atoms. The van der Waals surface area contributed by atoms with Gasteiger partial charge in [0.25, 0.3) is 5.91 Å². The first-order valence-electron chi connectivity index (χ1n) is 6.91. The van der Waals surface area contributed by atoms with Crippen LogP contribution in [0.15, 0.2) is 24.3 Å². The van der Waals surface area contributed by atoms with Crippen molar-refractivity contribution >= 4 is 5.91 Å². The maximum absolute atomic E-state index is 12.4. The van der Waals surface area contributed by atoms with Crippen LogP contribution in [0.4, 0.5) is 0 Å². The number of nitrogens with one attached hydrogen (secondary N) is 1. The predicted molar refractivity (Wildman–Crippen MR) is 75.4 cm³/mol. The molecule has 0 radical (unpaired) electrons. The van der Waals surface area contributed by atoms with Crippen molar-refractivity contribution in [3.63, 3.8) is 0 Å². The normalized spacial score (nSPS) is 17.7. The van der Waals surface area contributed by atoms with Gasteiger partial charge in [-0.1, -0.05) is 12.1 Å². The van der Waals surface area contributed by atoms with Gasteiger partial charge in [-0.25, -0.2) is 0 Å². The molecular weight excluding hydrogens is 270 g/mol. The number of tetrazole rings is 1. The van der Waals surface area contributed by atoms with Gasteiger partial charge in [0.15, 0.2) is 0 Å². The Hall–Kier alpha value is -2.28. The minimum atomic E-state index is -0.654. The van der Waals surface area contributed by atoms with Crippen LogP contribution >= 0.6 is 0 Å². The third-order valence-corrected chi connectivity index (χ3v) is 3.86. The maximum atomic E-state index is 12.4. The van der Waals surface area contributed by atoms with Crippen molar-refractivity contribution in [1.29, 1.82) is 0 Å². The Balaban J connectivity index is 1.71. The summed E-state index contributed by atoms with van der Waals surface area (Å²) < 4.78 is 0. The minimum Gasteiger partial charge on any atom is -0.390 e. The van der Waals surface area contributed by atoms with Gasteiger partial charge in [-0.15, -0.1) is 10.2 Å². The third-order valence-electron chi connectivity index (χ3n) is 3.86. The van der Waals surface area contributed by atoms with Gasteiger partial charge in [-0.3, -0.25) is 4.79 Å². The van der Waals surface area contributed by atoms with Crippen molar-refractivity contribution in [2.24, 2.45) is 0 Å². The first-order chi connectivity index (χ1) is 10.1. The van der Waals surface area contributed by atoms with Gasteiger partial charge in [0, 0.05) is 24.2 Å². The van der Waals surface area contributed by atoms with Crippen LogP contribution in [0.1, 0.15) is 30.1 Å². The number of aromatic nitrogens is 4. The quantitative estimate of drug-likeness (QED) is 0.854. The van der Waals surface area contributed by atoms with E-state index < -0.39 is 5.60 Å². The van der Waals surface area contributed by atoms with E-state index in [0.29, 0.717) is 37.3 Å². The lowest BCUT2D eigenvalue weighted by Gasteiger charge is -2.35. The van der Waals surface area contributed by atoms with E-state index in [4.69, 9.17) is 0 Å². The van der Waals surface area contributed by atoms with Crippen molar-refractivity contribution in [1.82, 2.24) is 25.5 Å². The second-order valence-corrected chi connectivity index (χ2v) is 5.60. The van der Waals surface area contributed by atoms with Gasteiger partial charge >= 0.3 is 0 Å². The molecule has 1 aromatic carbocycles. The van der Waals surface area contributed by atoms with Gasteiger partial charge in [0.05, 0.1) is 5.60 Å². The third kappa shape index (κ3) is 2.92. The van der Waals surface area contributed by atoms with E-state index in [0.717, 1.165) is 5.56 Å². The van der Waals surface area contributed by atoms with Crippen LogP contribution in [0.3, 0.4) is 0 Å². The van der Waals surface area contributed by atoms with E-state index in [2.05, 4.69) is 20.6 Å². The number of carbonyl (C=O) groups is 1. The van der Waals surface area contributed by atoms with E-state index in [1.807, 2.05) is 6.92 Å². The minimum absolute atomic E-state index is 0.00911. The lowest BCUT2D eigenvalue weighted by atomic mass is 9.93. The van der Waals surface area contributed by atoms with Gasteiger partial charge in [-0.05, 0) is 37.1 Å². The standard InChI is InChI=1S/C14H17N5O2/c1-14(21)6-8-19(9-7-14)13(20)11-4-2-10(3-5-11)12-15-17-18-16-12/h2-5,21H,6-9H2,1H3,(H,15,16,17,18). The van der Waals surface area contributed by atoms with Gasteiger partial charge < -0.3 is 10.0 Å². The highest BCUT2D eigenvalue weighted by molar-refractivity contribution is 5.94. The molecule has 1 aromatic heterocycles. The lowest BCUT2D eigenvalue weighted by Crippen LogP contribution is -2.45. The number of benzene rings is 1. The summed E-state index contributed by atoms with van der Waals surface area (Å²) in [6.07, 6.45) is 1.22. The molecule has 110 valence electrons. The molecule has 1 saturated heterocycles. The molecule has 1 fully saturated rings. The summed E-state index contributed by atoms with van der Waals surface area (Å²) in [7, 11) is 0. The highest BCUT2D eigenvalue weighted by Crippen LogP contribution is 2.23. The van der Waals surface area contributed by atoms with Crippen LogP contribution in [0.25, 0.3) is 11.4 Å². The van der Waals surface area contributed by atoms with Crippen LogP contribution in [0.2, 0.25) is 0 Å². The summed E-state index contributed by atoms with van der Waals surface area (Å²) in [6, 6.07) is 7.14. The van der Waals surface area contributed by atoms with Crippen molar-refractivity contribution < 1.29 is 9.90 Å². The summed E-state index contributed by atoms with van der Waals surface area (Å²) in [6.45, 7) is 2.98. The molecule has 0 atom stereocenters. The van der Waals surface area contributed by atoms with E-state index in [1.165, 1.54) is 0 Å². The molecule has 0 bridgehead atoms. The highest BCUT2D eigenvalue weighted by Gasteiger charge is 2.29. The van der Waals surface area contributed by atoms with E-state index in [9.17, 15) is 9.90 Å². The van der Waals surface area contributed by atoms with Crippen LogP contribution in [-0.2, 0) is 0 Å². The number of nitrogens with zero attached hydrogens (tertiary/aromatic N) is 4. The molecule has 2 aromatic rings. The molecule has 0 aliphatic carbocycles. The molecule has 7 heteroatoms. The van der Waals surface area contributed by atoms with E-state index >= 15 is 0 Å². The smallest absolute Gasteiger partial charge is 0.253 e. The zero-order valence-electron chi connectivity index (χ0n) is 11.8. The number of aromatic amines is 1. The zero-order valence-corrected chi connectivity index (χ0v) is 11.8. The Morgan fingerprint density at radius 2 is 1.95 bits per heavy atom. The number of aliphatic hydroxyl groups is 1. The molecular formula is C14H17N5O2. The summed E-state index contributed by atoms with van der Waals surface area (Å²) in [4.78, 5) is 14.2. The van der Waals surface area contributed by atoms with Crippen LogP contribution in [0, 0.1) is 0 Å². The Kier molecular flexibility index (Phi) is 3.42. The monoisotopic (exact) mass is 287 g/mol. The number of amides is 1. The Bertz CT molecular complexity index is 611. The fourth-order valence-corrected chi connectivity index (χ4v) is 2.42. The van der Waals surface area contributed by atoms with Crippen molar-refractivity contribution in [3.05, 3.63) is 29.8 Å². The highest BCUT2D eigenvalue weighted by atomic mass is 16.3. The number of H-pyrrole nitrogens is 1. The topological polar surface area (TPSA) is 95.0 Å². The molecule has 7 nitrogen and oxygen atoms in total. The second-order valence-electron chi connectivity index (χ2n) is 5.60. The number of hydrogen-bond acceptors (Lipinski definition) is 5. The van der Waals surface area contributed by atoms with Crippen LogP contribution in [-0.4, -0.2) is 55.2 Å².